The van der Waals surface area contributed by atoms with Gasteiger partial charge in [0.2, 0.25) is 0 Å². The summed E-state index contributed by atoms with van der Waals surface area (Å²) in [4.78, 5) is 11.2. The van der Waals surface area contributed by atoms with Gasteiger partial charge < -0.3 is 9.47 Å². The van der Waals surface area contributed by atoms with Crippen LogP contribution in [0.15, 0.2) is 23.8 Å². The molecular weight excluding hydrogens is 288 g/mol. The molecule has 0 heterocycles. The molecule has 0 saturated carbocycles. The molecule has 3 nitrogen and oxygen atoms in total. The molecule has 0 aromatic heterocycles. The van der Waals surface area contributed by atoms with Gasteiger partial charge in [-0.05, 0) is 47.5 Å². The van der Waals surface area contributed by atoms with Crippen molar-refractivity contribution in [2.75, 3.05) is 20.3 Å². The monoisotopic (exact) mass is 326 g/mol. The van der Waals surface area contributed by atoms with Crippen LogP contribution in [0.1, 0.15) is 61.3 Å². The summed E-state index contributed by atoms with van der Waals surface area (Å²) in [6.45, 7) is 15.2. The van der Waals surface area contributed by atoms with Crippen molar-refractivity contribution in [2.45, 2.75) is 61.3 Å². The third-order valence-electron chi connectivity index (χ3n) is 2.70. The summed E-state index contributed by atoms with van der Waals surface area (Å²) in [5.41, 5.74) is 1.07. The zero-order chi connectivity index (χ0) is 19.1. The molecule has 23 heavy (non-hydrogen) atoms. The molecule has 0 aromatic rings. The Morgan fingerprint density at radius 2 is 1.65 bits per heavy atom. The average Bonchev–Trinajstić information content (AvgIpc) is 2.61. The number of esters is 1. The van der Waals surface area contributed by atoms with E-state index in [1.807, 2.05) is 47.6 Å². The Kier molecular flexibility index (Phi) is 36.7. The van der Waals surface area contributed by atoms with Crippen molar-refractivity contribution in [3.8, 4) is 12.8 Å². The van der Waals surface area contributed by atoms with Crippen molar-refractivity contribution in [1.29, 1.82) is 0 Å². The van der Waals surface area contributed by atoms with Crippen LogP contribution in [0.25, 0.3) is 0 Å². The summed E-state index contributed by atoms with van der Waals surface area (Å²) in [6, 6.07) is 0. The van der Waals surface area contributed by atoms with Gasteiger partial charge in [-0.2, -0.15) is 0 Å². The fourth-order valence-electron chi connectivity index (χ4n) is 0.999. The quantitative estimate of drug-likeness (QED) is 0.371. The van der Waals surface area contributed by atoms with E-state index < -0.39 is 0 Å². The van der Waals surface area contributed by atoms with E-state index in [0.717, 1.165) is 25.0 Å². The van der Waals surface area contributed by atoms with Crippen molar-refractivity contribution >= 4 is 5.97 Å². The van der Waals surface area contributed by atoms with E-state index in [1.165, 1.54) is 0 Å². The summed E-state index contributed by atoms with van der Waals surface area (Å²) in [7, 11) is 1.68. The van der Waals surface area contributed by atoms with Crippen molar-refractivity contribution in [1.82, 2.24) is 0 Å². The van der Waals surface area contributed by atoms with Gasteiger partial charge in [-0.15, -0.1) is 12.8 Å². The molecule has 0 fully saturated rings. The van der Waals surface area contributed by atoms with E-state index in [9.17, 15) is 4.79 Å². The maximum absolute atomic E-state index is 11.2. The smallest absolute Gasteiger partial charge is 0.312 e. The molecule has 0 rings (SSSR count). The SMILES string of the molecule is C#C.C/C=C(\C)C(C)C(=O)OCCC.C/C=C\CC.CCOC. The maximum atomic E-state index is 11.2. The van der Waals surface area contributed by atoms with Crippen molar-refractivity contribution in [2.24, 2.45) is 5.92 Å². The largest absolute Gasteiger partial charge is 0.465 e. The lowest BCUT2D eigenvalue weighted by molar-refractivity contribution is -0.146. The second-order valence-electron chi connectivity index (χ2n) is 4.48. The molecule has 0 aromatic carbocycles. The lowest BCUT2D eigenvalue weighted by atomic mass is 10.0. The molecule has 0 aliphatic rings. The van der Waals surface area contributed by atoms with Gasteiger partial charge in [0.05, 0.1) is 12.5 Å². The normalized spacial score (nSPS) is 11.0. The van der Waals surface area contributed by atoms with Gasteiger partial charge in [0.1, 0.15) is 0 Å². The highest BCUT2D eigenvalue weighted by molar-refractivity contribution is 5.75. The second-order valence-corrected chi connectivity index (χ2v) is 4.48. The van der Waals surface area contributed by atoms with Gasteiger partial charge in [0.15, 0.2) is 0 Å². The van der Waals surface area contributed by atoms with E-state index in [1.54, 1.807) is 7.11 Å². The fraction of sp³-hybridized carbons (Fsp3) is 0.650. The van der Waals surface area contributed by atoms with Gasteiger partial charge >= 0.3 is 5.97 Å². The van der Waals surface area contributed by atoms with Gasteiger partial charge in [-0.3, -0.25) is 4.79 Å². The van der Waals surface area contributed by atoms with E-state index in [2.05, 4.69) is 36.7 Å². The fourth-order valence-corrected chi connectivity index (χ4v) is 0.999. The summed E-state index contributed by atoms with van der Waals surface area (Å²) < 4.78 is 9.54. The number of allylic oxidation sites excluding steroid dienone is 3. The summed E-state index contributed by atoms with van der Waals surface area (Å²) in [6.07, 6.45) is 16.2. The maximum Gasteiger partial charge on any atom is 0.312 e. The first kappa shape index (κ1) is 29.5. The molecule has 0 amide bonds. The Morgan fingerprint density at radius 1 is 1.17 bits per heavy atom. The minimum Gasteiger partial charge on any atom is -0.465 e. The third kappa shape index (κ3) is 29.2. The summed E-state index contributed by atoms with van der Waals surface area (Å²) in [5.74, 6) is -0.214. The first-order valence-corrected chi connectivity index (χ1v) is 8.19. The van der Waals surface area contributed by atoms with Crippen LogP contribution in [0, 0.1) is 18.8 Å². The molecule has 3 heteroatoms. The highest BCUT2D eigenvalue weighted by Crippen LogP contribution is 2.10. The Hall–Kier alpha value is -1.53. The Balaban J connectivity index is -0.000000136. The first-order valence-electron chi connectivity index (χ1n) is 8.19. The topological polar surface area (TPSA) is 35.5 Å². The first-order chi connectivity index (χ1) is 11.0. The van der Waals surface area contributed by atoms with Crippen LogP contribution in [0.4, 0.5) is 0 Å². The highest BCUT2D eigenvalue weighted by Gasteiger charge is 2.14. The van der Waals surface area contributed by atoms with Crippen molar-refractivity contribution < 1.29 is 14.3 Å². The molecular formula is C20H38O3. The predicted octanol–water partition coefficient (Wildman–Crippen LogP) is 5.42. The number of methoxy groups -OCH3 is 1. The van der Waals surface area contributed by atoms with E-state index in [4.69, 9.17) is 4.74 Å². The van der Waals surface area contributed by atoms with Gasteiger partial charge in [-0.25, -0.2) is 0 Å². The highest BCUT2D eigenvalue weighted by atomic mass is 16.5. The molecule has 0 aliphatic heterocycles. The molecule has 0 saturated heterocycles. The molecule has 0 bridgehead atoms. The second kappa shape index (κ2) is 28.6. The predicted molar refractivity (Wildman–Crippen MR) is 102 cm³/mol. The minimum absolute atomic E-state index is 0.0958. The van der Waals surface area contributed by atoms with Crippen LogP contribution in [-0.4, -0.2) is 26.3 Å². The van der Waals surface area contributed by atoms with Gasteiger partial charge in [0, 0.05) is 13.7 Å². The number of hydrogen-bond donors (Lipinski definition) is 0. The number of hydrogen-bond acceptors (Lipinski definition) is 3. The van der Waals surface area contributed by atoms with Gasteiger partial charge in [-0.1, -0.05) is 37.6 Å². The lowest BCUT2D eigenvalue weighted by Crippen LogP contribution is -2.16. The van der Waals surface area contributed by atoms with E-state index in [0.29, 0.717) is 6.61 Å². The average molecular weight is 327 g/mol. The molecule has 0 N–H and O–H groups in total. The zero-order valence-electron chi connectivity index (χ0n) is 16.5. The Bertz CT molecular complexity index is 299. The number of rotatable bonds is 6. The van der Waals surface area contributed by atoms with Crippen molar-refractivity contribution in [3.63, 3.8) is 0 Å². The number of terminal acetylenes is 1. The van der Waals surface area contributed by atoms with Crippen LogP contribution in [0.2, 0.25) is 0 Å². The molecule has 136 valence electrons. The lowest BCUT2D eigenvalue weighted by Gasteiger charge is -2.10. The van der Waals surface area contributed by atoms with Crippen LogP contribution in [0.5, 0.6) is 0 Å². The van der Waals surface area contributed by atoms with E-state index in [-0.39, 0.29) is 11.9 Å². The van der Waals surface area contributed by atoms with Crippen LogP contribution in [0.3, 0.4) is 0 Å². The molecule has 0 aliphatic carbocycles. The molecule has 0 radical (unpaired) electrons. The zero-order valence-corrected chi connectivity index (χ0v) is 16.5. The van der Waals surface area contributed by atoms with Gasteiger partial charge in [0.25, 0.3) is 0 Å². The van der Waals surface area contributed by atoms with Crippen LogP contribution < -0.4 is 0 Å². The number of ether oxygens (including phenoxy) is 2. The van der Waals surface area contributed by atoms with Crippen LogP contribution in [-0.2, 0) is 14.3 Å². The Labute approximate surface area is 145 Å². The molecule has 1 atom stereocenters. The number of carbonyl (C=O) groups excluding carboxylic acids is 1. The summed E-state index contributed by atoms with van der Waals surface area (Å²) >= 11 is 0. The molecule has 1 unspecified atom stereocenters. The standard InChI is InChI=1S/C10H18O2.C5H10.C3H8O.C2H2/c1-5-7-12-10(11)9(4)8(3)6-2;1-3-5-4-2;1-3-4-2;1-2/h6,9H,5,7H2,1-4H3;3,5H,4H2,1-2H3;3H2,1-2H3;1-2H/b8-6+;5-3-;;. The summed E-state index contributed by atoms with van der Waals surface area (Å²) in [5, 5.41) is 0. The minimum atomic E-state index is -0.118. The van der Waals surface area contributed by atoms with E-state index >= 15 is 0 Å². The van der Waals surface area contributed by atoms with Crippen LogP contribution >= 0.6 is 0 Å². The molecule has 0 spiro atoms. The third-order valence-corrected chi connectivity index (χ3v) is 2.70. The van der Waals surface area contributed by atoms with Crippen molar-refractivity contribution in [3.05, 3.63) is 23.8 Å². The Morgan fingerprint density at radius 3 is 1.87 bits per heavy atom. The number of carbonyl (C=O) groups is 1.